The van der Waals surface area contributed by atoms with E-state index in [4.69, 9.17) is 5.73 Å². The van der Waals surface area contributed by atoms with Crippen LogP contribution in [-0.2, 0) is 12.7 Å². The number of aromatic nitrogens is 4. The molecule has 8 nitrogen and oxygen atoms in total. The number of carbonyl (C=O) groups is 1. The number of primary amides is 1. The molecular weight excluding hydrogens is 423 g/mol. The molecule has 1 amide bonds. The van der Waals surface area contributed by atoms with Crippen LogP contribution in [-0.4, -0.2) is 25.8 Å². The van der Waals surface area contributed by atoms with Crippen LogP contribution in [0.5, 0.6) is 0 Å². The first-order valence-electron chi connectivity index (χ1n) is 9.20. The van der Waals surface area contributed by atoms with Crippen molar-refractivity contribution in [3.8, 4) is 17.3 Å². The molecule has 0 bridgehead atoms. The van der Waals surface area contributed by atoms with Crippen molar-refractivity contribution in [2.24, 2.45) is 5.73 Å². The lowest BCUT2D eigenvalue weighted by atomic mass is 10.1. The monoisotopic (exact) mass is 437 g/mol. The van der Waals surface area contributed by atoms with E-state index >= 15 is 0 Å². The first kappa shape index (κ1) is 20.8. The summed E-state index contributed by atoms with van der Waals surface area (Å²) in [5.41, 5.74) is 6.30. The van der Waals surface area contributed by atoms with Crippen molar-refractivity contribution in [1.82, 2.24) is 19.9 Å². The molecule has 0 aliphatic heterocycles. The van der Waals surface area contributed by atoms with Crippen LogP contribution in [0.15, 0.2) is 48.9 Å². The number of alkyl halides is 3. The first-order chi connectivity index (χ1) is 15.3. The van der Waals surface area contributed by atoms with Crippen molar-refractivity contribution in [1.29, 1.82) is 5.26 Å². The van der Waals surface area contributed by atoms with Gasteiger partial charge in [0.05, 0.1) is 23.0 Å². The number of amides is 1. The Bertz CT molecular complexity index is 1350. The fraction of sp³-hybridized carbons (Fsp3) is 0.0952. The Hall–Kier alpha value is -4.46. The fourth-order valence-corrected chi connectivity index (χ4v) is 3.08. The molecule has 4 N–H and O–H groups in total. The second-order valence-corrected chi connectivity index (χ2v) is 6.80. The van der Waals surface area contributed by atoms with Gasteiger partial charge in [0.1, 0.15) is 11.7 Å². The van der Waals surface area contributed by atoms with Crippen molar-refractivity contribution in [2.75, 3.05) is 5.32 Å². The third-order valence-electron chi connectivity index (χ3n) is 4.71. The molecule has 0 radical (unpaired) electrons. The summed E-state index contributed by atoms with van der Waals surface area (Å²) < 4.78 is 39.4. The number of H-pyrrole nitrogens is 1. The summed E-state index contributed by atoms with van der Waals surface area (Å²) in [4.78, 5) is 26.2. The van der Waals surface area contributed by atoms with E-state index in [0.29, 0.717) is 17.7 Å². The van der Waals surface area contributed by atoms with Crippen LogP contribution in [0.2, 0.25) is 0 Å². The minimum atomic E-state index is -4.56. The van der Waals surface area contributed by atoms with Gasteiger partial charge in [0.15, 0.2) is 0 Å². The van der Waals surface area contributed by atoms with Gasteiger partial charge in [0.2, 0.25) is 11.9 Å². The highest BCUT2D eigenvalue weighted by molar-refractivity contribution is 5.94. The number of benzene rings is 1. The van der Waals surface area contributed by atoms with Gasteiger partial charge >= 0.3 is 6.18 Å². The largest absolute Gasteiger partial charge is 0.417 e. The molecule has 4 aromatic rings. The van der Waals surface area contributed by atoms with Crippen LogP contribution in [0.25, 0.3) is 22.3 Å². The highest BCUT2D eigenvalue weighted by Crippen LogP contribution is 2.34. The maximum absolute atomic E-state index is 13.1. The Morgan fingerprint density at radius 1 is 1.19 bits per heavy atom. The molecular formula is C21H14F3N7O. The van der Waals surface area contributed by atoms with Gasteiger partial charge in [0.25, 0.3) is 0 Å². The number of hydrogen-bond donors (Lipinski definition) is 3. The summed E-state index contributed by atoms with van der Waals surface area (Å²) in [5, 5.41) is 12.6. The number of fused-ring (bicyclic) bond motifs is 1. The lowest BCUT2D eigenvalue weighted by molar-refractivity contribution is -0.137. The number of anilines is 1. The van der Waals surface area contributed by atoms with Crippen molar-refractivity contribution >= 4 is 22.9 Å². The normalized spacial score (nSPS) is 11.3. The standard InChI is InChI=1S/C21H14F3N7O/c22-21(23,24)14-5-15-16(10-28-19(15)27-9-14)17-13(6-25)8-30-20(31-17)29-7-11-1-3-12(4-2-11)18(26)32/h1-5,8-10H,7H2,(H2,26,32)(H,27,28)(H,29,30,31). The smallest absolute Gasteiger partial charge is 0.366 e. The molecule has 0 unspecified atom stereocenters. The summed E-state index contributed by atoms with van der Waals surface area (Å²) in [6.07, 6.45) is -1.07. The molecule has 0 aliphatic rings. The minimum Gasteiger partial charge on any atom is -0.366 e. The summed E-state index contributed by atoms with van der Waals surface area (Å²) in [6.45, 7) is 0.304. The highest BCUT2D eigenvalue weighted by Gasteiger charge is 2.31. The third-order valence-corrected chi connectivity index (χ3v) is 4.71. The molecule has 0 saturated heterocycles. The predicted octanol–water partition coefficient (Wildman–Crippen LogP) is 3.62. The number of nitrogens with two attached hydrogens (primary N) is 1. The van der Waals surface area contributed by atoms with Gasteiger partial charge in [-0.1, -0.05) is 12.1 Å². The number of hydrogen-bond acceptors (Lipinski definition) is 6. The zero-order valence-electron chi connectivity index (χ0n) is 16.2. The zero-order valence-corrected chi connectivity index (χ0v) is 16.2. The van der Waals surface area contributed by atoms with E-state index in [1.165, 1.54) is 12.4 Å². The van der Waals surface area contributed by atoms with Gasteiger partial charge in [-0.3, -0.25) is 4.79 Å². The number of nitrogens with one attached hydrogen (secondary N) is 2. The Morgan fingerprint density at radius 2 is 1.94 bits per heavy atom. The number of nitrogens with zero attached hydrogens (tertiary/aromatic N) is 4. The molecule has 3 heterocycles. The predicted molar refractivity (Wildman–Crippen MR) is 109 cm³/mol. The summed E-state index contributed by atoms with van der Waals surface area (Å²) in [6, 6.07) is 9.51. The summed E-state index contributed by atoms with van der Waals surface area (Å²) in [7, 11) is 0. The van der Waals surface area contributed by atoms with Gasteiger partial charge in [-0.2, -0.15) is 18.4 Å². The van der Waals surface area contributed by atoms with E-state index in [9.17, 15) is 23.2 Å². The van der Waals surface area contributed by atoms with E-state index in [0.717, 1.165) is 17.8 Å². The number of pyridine rings is 1. The summed E-state index contributed by atoms with van der Waals surface area (Å²) >= 11 is 0. The summed E-state index contributed by atoms with van der Waals surface area (Å²) in [5.74, 6) is -0.362. The van der Waals surface area contributed by atoms with E-state index in [2.05, 4.69) is 25.3 Å². The topological polar surface area (TPSA) is 133 Å². The quantitative estimate of drug-likeness (QED) is 0.437. The Balaban J connectivity index is 1.67. The van der Waals surface area contributed by atoms with E-state index in [1.54, 1.807) is 24.3 Å². The SMILES string of the molecule is N#Cc1cnc(NCc2ccc(C(N)=O)cc2)nc1-c1c[nH]c2ncc(C(F)(F)F)cc12. The lowest BCUT2D eigenvalue weighted by Crippen LogP contribution is -2.11. The minimum absolute atomic E-state index is 0.0969. The van der Waals surface area contributed by atoms with Crippen LogP contribution < -0.4 is 11.1 Å². The number of halogens is 3. The molecule has 32 heavy (non-hydrogen) atoms. The van der Waals surface area contributed by atoms with Crippen LogP contribution in [0.4, 0.5) is 19.1 Å². The van der Waals surface area contributed by atoms with Gasteiger partial charge in [0, 0.05) is 35.5 Å². The molecule has 0 atom stereocenters. The van der Waals surface area contributed by atoms with Gasteiger partial charge in [-0.15, -0.1) is 0 Å². The lowest BCUT2D eigenvalue weighted by Gasteiger charge is -2.09. The van der Waals surface area contributed by atoms with Crippen LogP contribution in [0, 0.1) is 11.3 Å². The Kier molecular flexibility index (Phi) is 5.19. The Labute approximate surface area is 178 Å². The number of carbonyl (C=O) groups excluding carboxylic acids is 1. The first-order valence-corrected chi connectivity index (χ1v) is 9.20. The Morgan fingerprint density at radius 3 is 2.59 bits per heavy atom. The highest BCUT2D eigenvalue weighted by atomic mass is 19.4. The van der Waals surface area contributed by atoms with Gasteiger partial charge in [-0.25, -0.2) is 15.0 Å². The molecule has 4 rings (SSSR count). The van der Waals surface area contributed by atoms with Gasteiger partial charge in [-0.05, 0) is 23.8 Å². The molecule has 0 saturated carbocycles. The van der Waals surface area contributed by atoms with E-state index in [-0.39, 0.29) is 28.2 Å². The maximum Gasteiger partial charge on any atom is 0.417 e. The van der Waals surface area contributed by atoms with Gasteiger partial charge < -0.3 is 16.0 Å². The van der Waals surface area contributed by atoms with Crippen molar-refractivity contribution in [3.05, 3.63) is 71.2 Å². The van der Waals surface area contributed by atoms with Crippen molar-refractivity contribution < 1.29 is 18.0 Å². The molecule has 3 aromatic heterocycles. The fourth-order valence-electron chi connectivity index (χ4n) is 3.08. The van der Waals surface area contributed by atoms with Crippen LogP contribution in [0.3, 0.4) is 0 Å². The van der Waals surface area contributed by atoms with E-state index < -0.39 is 17.6 Å². The number of aromatic amines is 1. The molecule has 1 aromatic carbocycles. The van der Waals surface area contributed by atoms with Crippen molar-refractivity contribution in [2.45, 2.75) is 12.7 Å². The number of nitriles is 1. The number of rotatable bonds is 5. The van der Waals surface area contributed by atoms with Crippen LogP contribution >= 0.6 is 0 Å². The molecule has 11 heteroatoms. The van der Waals surface area contributed by atoms with Crippen LogP contribution in [0.1, 0.15) is 27.0 Å². The van der Waals surface area contributed by atoms with Crippen molar-refractivity contribution in [3.63, 3.8) is 0 Å². The average molecular weight is 437 g/mol. The third kappa shape index (κ3) is 4.06. The second kappa shape index (κ2) is 7.99. The van der Waals surface area contributed by atoms with E-state index in [1.807, 2.05) is 6.07 Å². The molecule has 0 spiro atoms. The molecule has 0 aliphatic carbocycles. The second-order valence-electron chi connectivity index (χ2n) is 6.80. The molecule has 160 valence electrons. The maximum atomic E-state index is 13.1. The zero-order chi connectivity index (χ0) is 22.9. The average Bonchev–Trinajstić information content (AvgIpc) is 3.20. The molecule has 0 fully saturated rings.